The molecule has 0 saturated carbocycles. The fourth-order valence-corrected chi connectivity index (χ4v) is 2.88. The van der Waals surface area contributed by atoms with Crippen LogP contribution in [0.3, 0.4) is 0 Å². The van der Waals surface area contributed by atoms with Crippen LogP contribution in [-0.4, -0.2) is 12.5 Å². The number of rotatable bonds is 4. The van der Waals surface area contributed by atoms with Gasteiger partial charge in [-0.2, -0.15) is 0 Å². The zero-order chi connectivity index (χ0) is 15.6. The summed E-state index contributed by atoms with van der Waals surface area (Å²) >= 11 is 3.52. The number of hydrogen-bond acceptors (Lipinski definition) is 2. The lowest BCUT2D eigenvalue weighted by molar-refractivity contribution is -0.122. The van der Waals surface area contributed by atoms with Crippen LogP contribution in [0.15, 0.2) is 16.6 Å². The van der Waals surface area contributed by atoms with Crippen molar-refractivity contribution >= 4 is 21.8 Å². The maximum absolute atomic E-state index is 12.1. The van der Waals surface area contributed by atoms with E-state index in [0.29, 0.717) is 18.9 Å². The average molecular weight is 354 g/mol. The number of amides is 1. The summed E-state index contributed by atoms with van der Waals surface area (Å²) in [5.74, 6) is 1.40. The van der Waals surface area contributed by atoms with E-state index < -0.39 is 0 Å². The number of fused-ring (bicyclic) bond motifs is 1. The molecule has 0 fully saturated rings. The fraction of sp³-hybridized carbons (Fsp3) is 0.588. The topological polar surface area (TPSA) is 38.3 Å². The standard InChI is InChI=1S/C17H24BrNO2/c1-11(17(2,3)4)7-15(20)19-10-13-9-14(18)8-12-5-6-21-16(12)13/h8-9,11H,5-7,10H2,1-4H3,(H,19,20). The van der Waals surface area contributed by atoms with Crippen molar-refractivity contribution in [3.63, 3.8) is 0 Å². The zero-order valence-electron chi connectivity index (χ0n) is 13.3. The van der Waals surface area contributed by atoms with Gasteiger partial charge in [-0.1, -0.05) is 43.6 Å². The molecule has 21 heavy (non-hydrogen) atoms. The van der Waals surface area contributed by atoms with Gasteiger partial charge >= 0.3 is 0 Å². The maximum atomic E-state index is 12.1. The second-order valence-electron chi connectivity index (χ2n) is 6.90. The molecular weight excluding hydrogens is 330 g/mol. The first kappa shape index (κ1) is 16.3. The zero-order valence-corrected chi connectivity index (χ0v) is 14.8. The Hall–Kier alpha value is -1.03. The van der Waals surface area contributed by atoms with Crippen LogP contribution in [0.4, 0.5) is 0 Å². The van der Waals surface area contributed by atoms with E-state index in [1.807, 2.05) is 6.07 Å². The highest BCUT2D eigenvalue weighted by molar-refractivity contribution is 9.10. The number of carbonyl (C=O) groups is 1. The Bertz CT molecular complexity index is 534. The van der Waals surface area contributed by atoms with Gasteiger partial charge in [0, 0.05) is 29.4 Å². The summed E-state index contributed by atoms with van der Waals surface area (Å²) in [4.78, 5) is 12.1. The van der Waals surface area contributed by atoms with Gasteiger partial charge in [0.2, 0.25) is 5.91 Å². The second kappa shape index (κ2) is 6.39. The van der Waals surface area contributed by atoms with Gasteiger partial charge in [0.15, 0.2) is 0 Å². The molecule has 2 rings (SSSR count). The summed E-state index contributed by atoms with van der Waals surface area (Å²) in [5, 5.41) is 3.02. The van der Waals surface area contributed by atoms with E-state index in [4.69, 9.17) is 4.74 Å². The molecule has 1 atom stereocenters. The predicted molar refractivity (Wildman–Crippen MR) is 88.4 cm³/mol. The minimum absolute atomic E-state index is 0.101. The fourth-order valence-electron chi connectivity index (χ4n) is 2.33. The summed E-state index contributed by atoms with van der Waals surface area (Å²) in [5.41, 5.74) is 2.42. The third-order valence-electron chi connectivity index (χ3n) is 4.27. The van der Waals surface area contributed by atoms with Crippen LogP contribution < -0.4 is 10.1 Å². The minimum atomic E-state index is 0.101. The summed E-state index contributed by atoms with van der Waals surface area (Å²) in [6.45, 7) is 9.88. The van der Waals surface area contributed by atoms with Crippen molar-refractivity contribution in [1.82, 2.24) is 5.32 Å². The number of halogens is 1. The summed E-state index contributed by atoms with van der Waals surface area (Å²) in [6, 6.07) is 4.12. The van der Waals surface area contributed by atoms with Crippen LogP contribution in [-0.2, 0) is 17.8 Å². The van der Waals surface area contributed by atoms with Crippen molar-refractivity contribution < 1.29 is 9.53 Å². The molecule has 1 N–H and O–H groups in total. The largest absolute Gasteiger partial charge is 0.493 e. The van der Waals surface area contributed by atoms with Gasteiger partial charge in [-0.15, -0.1) is 0 Å². The molecule has 116 valence electrons. The number of nitrogens with one attached hydrogen (secondary N) is 1. The van der Waals surface area contributed by atoms with Crippen LogP contribution in [0.1, 0.15) is 45.2 Å². The summed E-state index contributed by atoms with van der Waals surface area (Å²) < 4.78 is 6.72. The maximum Gasteiger partial charge on any atom is 0.220 e. The first-order chi connectivity index (χ1) is 9.77. The van der Waals surface area contributed by atoms with Crippen molar-refractivity contribution in [3.8, 4) is 5.75 Å². The Kier molecular flexibility index (Phi) is 4.97. The molecule has 1 aromatic carbocycles. The highest BCUT2D eigenvalue weighted by atomic mass is 79.9. The van der Waals surface area contributed by atoms with Crippen LogP contribution in [0.2, 0.25) is 0 Å². The lowest BCUT2D eigenvalue weighted by Crippen LogP contribution is -2.28. The molecule has 0 saturated heterocycles. The van der Waals surface area contributed by atoms with Gasteiger partial charge in [-0.25, -0.2) is 0 Å². The van der Waals surface area contributed by atoms with E-state index in [1.54, 1.807) is 0 Å². The van der Waals surface area contributed by atoms with E-state index in [0.717, 1.165) is 28.8 Å². The van der Waals surface area contributed by atoms with Gasteiger partial charge in [0.1, 0.15) is 5.75 Å². The van der Waals surface area contributed by atoms with Crippen LogP contribution in [0, 0.1) is 11.3 Å². The molecule has 0 aliphatic carbocycles. The highest BCUT2D eigenvalue weighted by Crippen LogP contribution is 2.33. The third kappa shape index (κ3) is 4.22. The molecule has 1 unspecified atom stereocenters. The first-order valence-corrected chi connectivity index (χ1v) is 8.27. The lowest BCUT2D eigenvalue weighted by Gasteiger charge is -2.26. The normalized spacial score (nSPS) is 15.3. The number of benzene rings is 1. The van der Waals surface area contributed by atoms with Crippen LogP contribution in [0.25, 0.3) is 0 Å². The Balaban J connectivity index is 1.96. The van der Waals surface area contributed by atoms with Crippen molar-refractivity contribution in [1.29, 1.82) is 0 Å². The minimum Gasteiger partial charge on any atom is -0.493 e. The van der Waals surface area contributed by atoms with E-state index >= 15 is 0 Å². The van der Waals surface area contributed by atoms with E-state index in [-0.39, 0.29) is 11.3 Å². The molecule has 0 aromatic heterocycles. The van der Waals surface area contributed by atoms with Crippen molar-refractivity contribution in [2.45, 2.75) is 47.1 Å². The molecule has 0 spiro atoms. The van der Waals surface area contributed by atoms with E-state index in [1.165, 1.54) is 5.56 Å². The Labute approximate surface area is 135 Å². The third-order valence-corrected chi connectivity index (χ3v) is 4.73. The molecule has 0 bridgehead atoms. The van der Waals surface area contributed by atoms with Crippen LogP contribution >= 0.6 is 15.9 Å². The SMILES string of the molecule is CC(CC(=O)NCc1cc(Br)cc2c1OCC2)C(C)(C)C. The van der Waals surface area contributed by atoms with Gasteiger partial charge < -0.3 is 10.1 Å². The van der Waals surface area contributed by atoms with Gasteiger partial charge in [-0.3, -0.25) is 4.79 Å². The molecule has 3 nitrogen and oxygen atoms in total. The highest BCUT2D eigenvalue weighted by Gasteiger charge is 2.23. The smallest absolute Gasteiger partial charge is 0.220 e. The Morgan fingerprint density at radius 2 is 2.14 bits per heavy atom. The van der Waals surface area contributed by atoms with Crippen molar-refractivity contribution in [3.05, 3.63) is 27.7 Å². The molecule has 1 aromatic rings. The van der Waals surface area contributed by atoms with E-state index in [2.05, 4.69) is 55.0 Å². The molecule has 1 aliphatic heterocycles. The number of carbonyl (C=O) groups excluding carboxylic acids is 1. The number of ether oxygens (including phenoxy) is 1. The lowest BCUT2D eigenvalue weighted by atomic mass is 9.80. The van der Waals surface area contributed by atoms with Gasteiger partial charge in [0.25, 0.3) is 0 Å². The number of hydrogen-bond donors (Lipinski definition) is 1. The van der Waals surface area contributed by atoms with Crippen molar-refractivity contribution in [2.24, 2.45) is 11.3 Å². The van der Waals surface area contributed by atoms with Crippen LogP contribution in [0.5, 0.6) is 5.75 Å². The molecule has 1 aliphatic rings. The molecule has 4 heteroatoms. The Morgan fingerprint density at radius 1 is 1.43 bits per heavy atom. The summed E-state index contributed by atoms with van der Waals surface area (Å²) in [6.07, 6.45) is 1.50. The van der Waals surface area contributed by atoms with Gasteiger partial charge in [0.05, 0.1) is 6.61 Å². The molecule has 1 amide bonds. The molecular formula is C17H24BrNO2. The Morgan fingerprint density at radius 3 is 2.81 bits per heavy atom. The second-order valence-corrected chi connectivity index (χ2v) is 7.82. The molecule has 0 radical (unpaired) electrons. The monoisotopic (exact) mass is 353 g/mol. The average Bonchev–Trinajstić information content (AvgIpc) is 2.82. The summed E-state index contributed by atoms with van der Waals surface area (Å²) in [7, 11) is 0. The quantitative estimate of drug-likeness (QED) is 0.885. The first-order valence-electron chi connectivity index (χ1n) is 7.48. The predicted octanol–water partition coefficient (Wildman–Crippen LogP) is 4.07. The van der Waals surface area contributed by atoms with Gasteiger partial charge in [-0.05, 0) is 29.0 Å². The molecule has 1 heterocycles. The van der Waals surface area contributed by atoms with E-state index in [9.17, 15) is 4.79 Å². The van der Waals surface area contributed by atoms with Crippen molar-refractivity contribution in [2.75, 3.05) is 6.61 Å².